The maximum absolute atomic E-state index is 12.7. The number of nitrogens with one attached hydrogen (secondary N) is 1. The van der Waals surface area contributed by atoms with Crippen LogP contribution in [0.15, 0.2) is 36.4 Å². The fourth-order valence-corrected chi connectivity index (χ4v) is 3.99. The molecule has 1 fully saturated rings. The molecule has 29 heavy (non-hydrogen) atoms. The monoisotopic (exact) mass is 416 g/mol. The molecule has 1 aliphatic rings. The molecule has 1 heterocycles. The number of likely N-dealkylation sites (tertiary alicyclic amines) is 1. The molecule has 0 aromatic heterocycles. The van der Waals surface area contributed by atoms with Crippen molar-refractivity contribution in [2.24, 2.45) is 0 Å². The minimum atomic E-state index is -0.0729. The van der Waals surface area contributed by atoms with E-state index in [1.54, 1.807) is 44.6 Å². The van der Waals surface area contributed by atoms with Gasteiger partial charge in [-0.3, -0.25) is 4.79 Å². The molecule has 6 heteroatoms. The van der Waals surface area contributed by atoms with Crippen LogP contribution in [0.25, 0.3) is 6.08 Å². The second-order valence-corrected chi connectivity index (χ2v) is 7.50. The molecule has 0 saturated carbocycles. The number of hydrogen-bond donors (Lipinski definition) is 1. The SMILES string of the molecule is COc1ccc(C(=O)/C=C/c2cc(Cl)c(OC)c(OC)c2)cc1C[NH+]1CCCC1. The van der Waals surface area contributed by atoms with Crippen molar-refractivity contribution >= 4 is 23.5 Å². The van der Waals surface area contributed by atoms with E-state index >= 15 is 0 Å². The van der Waals surface area contributed by atoms with E-state index in [0.717, 1.165) is 23.4 Å². The lowest BCUT2D eigenvalue weighted by Gasteiger charge is -2.15. The second kappa shape index (κ2) is 9.81. The normalized spacial score (nSPS) is 14.3. The molecule has 154 valence electrons. The molecule has 1 N–H and O–H groups in total. The van der Waals surface area contributed by atoms with Crippen LogP contribution in [0.2, 0.25) is 5.02 Å². The number of carbonyl (C=O) groups is 1. The number of allylic oxidation sites excluding steroid dienone is 1. The number of methoxy groups -OCH3 is 3. The number of benzene rings is 2. The van der Waals surface area contributed by atoms with E-state index < -0.39 is 0 Å². The van der Waals surface area contributed by atoms with Crippen LogP contribution in [0.3, 0.4) is 0 Å². The first-order valence-corrected chi connectivity index (χ1v) is 10.1. The molecule has 0 atom stereocenters. The summed E-state index contributed by atoms with van der Waals surface area (Å²) in [6.45, 7) is 3.21. The maximum atomic E-state index is 12.7. The highest BCUT2D eigenvalue weighted by Crippen LogP contribution is 2.36. The number of quaternary nitrogens is 1. The lowest BCUT2D eigenvalue weighted by Crippen LogP contribution is -3.08. The Morgan fingerprint density at radius 2 is 1.76 bits per heavy atom. The number of halogens is 1. The van der Waals surface area contributed by atoms with E-state index in [1.165, 1.54) is 37.9 Å². The Labute approximate surface area is 176 Å². The molecule has 0 aliphatic carbocycles. The van der Waals surface area contributed by atoms with Crippen LogP contribution in [0, 0.1) is 0 Å². The van der Waals surface area contributed by atoms with E-state index in [4.69, 9.17) is 25.8 Å². The number of ether oxygens (including phenoxy) is 3. The zero-order chi connectivity index (χ0) is 20.8. The summed E-state index contributed by atoms with van der Waals surface area (Å²) in [7, 11) is 4.75. The van der Waals surface area contributed by atoms with Crippen molar-refractivity contribution in [3.8, 4) is 17.2 Å². The maximum Gasteiger partial charge on any atom is 0.185 e. The van der Waals surface area contributed by atoms with Crippen molar-refractivity contribution < 1.29 is 23.9 Å². The van der Waals surface area contributed by atoms with Gasteiger partial charge in [0, 0.05) is 24.0 Å². The standard InChI is InChI=1S/C23H26ClNO4/c1-27-21-9-7-17(14-18(21)15-25-10-4-5-11-25)20(26)8-6-16-12-19(24)23(29-3)22(13-16)28-2/h6-9,12-14H,4-5,10-11,15H2,1-3H3/p+1/b8-6+. The van der Waals surface area contributed by atoms with Crippen molar-refractivity contribution in [3.05, 3.63) is 58.1 Å². The number of ketones is 1. The first-order valence-electron chi connectivity index (χ1n) is 9.70. The number of hydrogen-bond acceptors (Lipinski definition) is 4. The van der Waals surface area contributed by atoms with Crippen molar-refractivity contribution in [2.45, 2.75) is 19.4 Å². The second-order valence-electron chi connectivity index (χ2n) is 7.10. The molecular formula is C23H27ClNO4+. The minimum absolute atomic E-state index is 0.0729. The van der Waals surface area contributed by atoms with Crippen molar-refractivity contribution in [1.82, 2.24) is 0 Å². The van der Waals surface area contributed by atoms with Gasteiger partial charge in [-0.05, 0) is 42.0 Å². The summed E-state index contributed by atoms with van der Waals surface area (Å²) >= 11 is 6.24. The molecule has 0 amide bonds. The summed E-state index contributed by atoms with van der Waals surface area (Å²) in [5, 5.41) is 0.430. The van der Waals surface area contributed by atoms with E-state index in [0.29, 0.717) is 22.1 Å². The Morgan fingerprint density at radius 3 is 2.41 bits per heavy atom. The van der Waals surface area contributed by atoms with Crippen LogP contribution in [0.4, 0.5) is 0 Å². The molecule has 0 spiro atoms. The summed E-state index contributed by atoms with van der Waals surface area (Å²) in [5.74, 6) is 1.75. The molecule has 0 bridgehead atoms. The molecule has 2 aromatic rings. The lowest BCUT2D eigenvalue weighted by molar-refractivity contribution is -0.901. The van der Waals surface area contributed by atoms with Crippen LogP contribution in [0.5, 0.6) is 17.2 Å². The fourth-order valence-electron chi connectivity index (χ4n) is 3.69. The third-order valence-corrected chi connectivity index (χ3v) is 5.48. The highest BCUT2D eigenvalue weighted by Gasteiger charge is 2.19. The van der Waals surface area contributed by atoms with Gasteiger partial charge >= 0.3 is 0 Å². The van der Waals surface area contributed by atoms with Crippen LogP contribution in [0.1, 0.15) is 34.3 Å². The topological polar surface area (TPSA) is 49.2 Å². The Hall–Kier alpha value is -2.50. The predicted molar refractivity (Wildman–Crippen MR) is 115 cm³/mol. The Morgan fingerprint density at radius 1 is 1.03 bits per heavy atom. The van der Waals surface area contributed by atoms with Crippen LogP contribution >= 0.6 is 11.6 Å². The van der Waals surface area contributed by atoms with Gasteiger partial charge in [-0.2, -0.15) is 0 Å². The van der Waals surface area contributed by atoms with Gasteiger partial charge < -0.3 is 19.1 Å². The smallest absolute Gasteiger partial charge is 0.185 e. The van der Waals surface area contributed by atoms with E-state index in [1.807, 2.05) is 12.1 Å². The van der Waals surface area contributed by atoms with Gasteiger partial charge in [-0.15, -0.1) is 0 Å². The Kier molecular flexibility index (Phi) is 7.18. The first kappa shape index (κ1) is 21.2. The van der Waals surface area contributed by atoms with Gasteiger partial charge in [0.15, 0.2) is 17.3 Å². The molecule has 0 radical (unpaired) electrons. The van der Waals surface area contributed by atoms with Gasteiger partial charge in [-0.25, -0.2) is 0 Å². The van der Waals surface area contributed by atoms with E-state index in [9.17, 15) is 4.79 Å². The fraction of sp³-hybridized carbons (Fsp3) is 0.348. The molecule has 3 rings (SSSR count). The number of carbonyl (C=O) groups excluding carboxylic acids is 1. The Bertz CT molecular complexity index is 904. The molecule has 1 saturated heterocycles. The van der Waals surface area contributed by atoms with Crippen LogP contribution in [-0.4, -0.2) is 40.2 Å². The van der Waals surface area contributed by atoms with Crippen LogP contribution < -0.4 is 19.1 Å². The average Bonchev–Trinajstić information content (AvgIpc) is 3.24. The first-order chi connectivity index (χ1) is 14.0. The van der Waals surface area contributed by atoms with Crippen molar-refractivity contribution in [1.29, 1.82) is 0 Å². The predicted octanol–water partition coefficient (Wildman–Crippen LogP) is 3.44. The summed E-state index contributed by atoms with van der Waals surface area (Å²) in [5.41, 5.74) is 2.47. The summed E-state index contributed by atoms with van der Waals surface area (Å²) in [4.78, 5) is 14.3. The highest BCUT2D eigenvalue weighted by atomic mass is 35.5. The van der Waals surface area contributed by atoms with Gasteiger partial charge in [0.1, 0.15) is 12.3 Å². The zero-order valence-corrected chi connectivity index (χ0v) is 17.8. The number of rotatable bonds is 8. The molecule has 1 aliphatic heterocycles. The highest BCUT2D eigenvalue weighted by molar-refractivity contribution is 6.32. The van der Waals surface area contributed by atoms with E-state index in [2.05, 4.69) is 0 Å². The average molecular weight is 417 g/mol. The summed E-state index contributed by atoms with van der Waals surface area (Å²) in [6, 6.07) is 9.14. The van der Waals surface area contributed by atoms with Gasteiger partial charge in [0.2, 0.25) is 0 Å². The van der Waals surface area contributed by atoms with Gasteiger partial charge in [-0.1, -0.05) is 17.7 Å². The molecule has 5 nitrogen and oxygen atoms in total. The summed E-state index contributed by atoms with van der Waals surface area (Å²) in [6.07, 6.45) is 5.79. The third-order valence-electron chi connectivity index (χ3n) is 5.20. The third kappa shape index (κ3) is 5.11. The van der Waals surface area contributed by atoms with Crippen molar-refractivity contribution in [3.63, 3.8) is 0 Å². The zero-order valence-electron chi connectivity index (χ0n) is 17.1. The Balaban J connectivity index is 1.80. The van der Waals surface area contributed by atoms with E-state index in [-0.39, 0.29) is 5.78 Å². The van der Waals surface area contributed by atoms with Gasteiger partial charge in [0.25, 0.3) is 0 Å². The summed E-state index contributed by atoms with van der Waals surface area (Å²) < 4.78 is 16.1. The van der Waals surface area contributed by atoms with Crippen LogP contribution in [-0.2, 0) is 6.54 Å². The quantitative estimate of drug-likeness (QED) is 0.529. The van der Waals surface area contributed by atoms with Gasteiger partial charge in [0.05, 0.1) is 39.4 Å². The lowest BCUT2D eigenvalue weighted by atomic mass is 10.0. The molecule has 2 aromatic carbocycles. The molecule has 0 unspecified atom stereocenters. The van der Waals surface area contributed by atoms with Crippen molar-refractivity contribution in [2.75, 3.05) is 34.4 Å². The minimum Gasteiger partial charge on any atom is -0.496 e. The molecular weight excluding hydrogens is 390 g/mol. The largest absolute Gasteiger partial charge is 0.496 e.